The van der Waals surface area contributed by atoms with E-state index in [4.69, 9.17) is 0 Å². The molecule has 0 heterocycles. The molecule has 0 fully saturated rings. The zero-order chi connectivity index (χ0) is 20.5. The van der Waals surface area contributed by atoms with Gasteiger partial charge in [0.2, 0.25) is 0 Å². The second-order valence-electron chi connectivity index (χ2n) is 9.83. The van der Waals surface area contributed by atoms with E-state index in [0.29, 0.717) is 0 Å². The van der Waals surface area contributed by atoms with Gasteiger partial charge in [-0.15, -0.1) is 0 Å². The van der Waals surface area contributed by atoms with Crippen molar-refractivity contribution < 1.29 is 0 Å². The first-order chi connectivity index (χ1) is 13.0. The van der Waals surface area contributed by atoms with Gasteiger partial charge in [-0.3, -0.25) is 0 Å². The van der Waals surface area contributed by atoms with E-state index in [1.807, 2.05) is 0 Å². The van der Waals surface area contributed by atoms with Crippen LogP contribution in [0.1, 0.15) is 58.2 Å². The molecule has 0 saturated heterocycles. The lowest BCUT2D eigenvalue weighted by molar-refractivity contribution is 0.590. The van der Waals surface area contributed by atoms with Crippen molar-refractivity contribution in [3.63, 3.8) is 0 Å². The molecule has 1 N–H and O–H groups in total. The molecule has 28 heavy (non-hydrogen) atoms. The molecule has 0 aliphatic rings. The van der Waals surface area contributed by atoms with E-state index >= 15 is 0 Å². The maximum Gasteiger partial charge on any atom is 0.0464 e. The number of anilines is 2. The Morgan fingerprint density at radius 2 is 1.25 bits per heavy atom. The second-order valence-corrected chi connectivity index (χ2v) is 9.83. The SMILES string of the molecule is Cc1ccc(-c2cc(C(C)(C)C)ccc2Nc2cccc(C(C)(C)C)c2)cc1. The van der Waals surface area contributed by atoms with Crippen molar-refractivity contribution in [3.05, 3.63) is 83.4 Å². The molecular weight excluding hydrogens is 338 g/mol. The monoisotopic (exact) mass is 371 g/mol. The Balaban J connectivity index is 2.07. The lowest BCUT2D eigenvalue weighted by atomic mass is 9.84. The Bertz CT molecular complexity index is 951. The largest absolute Gasteiger partial charge is 0.355 e. The molecule has 0 saturated carbocycles. The summed E-state index contributed by atoms with van der Waals surface area (Å²) in [4.78, 5) is 0. The first kappa shape index (κ1) is 20.2. The number of benzene rings is 3. The van der Waals surface area contributed by atoms with E-state index in [-0.39, 0.29) is 10.8 Å². The number of aryl methyl sites for hydroxylation is 1. The van der Waals surface area contributed by atoms with Crippen molar-refractivity contribution in [2.45, 2.75) is 59.3 Å². The molecule has 0 spiro atoms. The quantitative estimate of drug-likeness (QED) is 0.492. The molecule has 1 heteroatoms. The van der Waals surface area contributed by atoms with Crippen molar-refractivity contribution in [1.29, 1.82) is 0 Å². The van der Waals surface area contributed by atoms with Crippen molar-refractivity contribution in [2.75, 3.05) is 5.32 Å². The van der Waals surface area contributed by atoms with E-state index in [1.54, 1.807) is 0 Å². The van der Waals surface area contributed by atoms with Crippen LogP contribution >= 0.6 is 0 Å². The smallest absolute Gasteiger partial charge is 0.0464 e. The molecule has 3 aromatic rings. The third-order valence-corrected chi connectivity index (χ3v) is 5.26. The fourth-order valence-corrected chi connectivity index (χ4v) is 3.31. The molecule has 0 aliphatic heterocycles. The Hall–Kier alpha value is -2.54. The van der Waals surface area contributed by atoms with Crippen molar-refractivity contribution >= 4 is 11.4 Å². The summed E-state index contributed by atoms with van der Waals surface area (Å²) in [7, 11) is 0. The van der Waals surface area contributed by atoms with E-state index < -0.39 is 0 Å². The van der Waals surface area contributed by atoms with Gasteiger partial charge < -0.3 is 5.32 Å². The van der Waals surface area contributed by atoms with Gasteiger partial charge in [0.1, 0.15) is 0 Å². The minimum absolute atomic E-state index is 0.115. The maximum atomic E-state index is 3.68. The van der Waals surface area contributed by atoms with Gasteiger partial charge in [0, 0.05) is 16.9 Å². The minimum Gasteiger partial charge on any atom is -0.355 e. The normalized spacial score (nSPS) is 12.1. The first-order valence-corrected chi connectivity index (χ1v) is 10.1. The molecule has 0 unspecified atom stereocenters. The summed E-state index contributed by atoms with van der Waals surface area (Å²) in [5, 5.41) is 3.68. The molecule has 0 aliphatic carbocycles. The number of rotatable bonds is 3. The van der Waals surface area contributed by atoms with Crippen LogP contribution in [0.4, 0.5) is 11.4 Å². The molecule has 0 bridgehead atoms. The summed E-state index contributed by atoms with van der Waals surface area (Å²) in [5.74, 6) is 0. The topological polar surface area (TPSA) is 12.0 Å². The molecule has 3 rings (SSSR count). The summed E-state index contributed by atoms with van der Waals surface area (Å²) < 4.78 is 0. The average molecular weight is 372 g/mol. The molecule has 146 valence electrons. The zero-order valence-electron chi connectivity index (χ0n) is 18.4. The summed E-state index contributed by atoms with van der Waals surface area (Å²) in [6.45, 7) is 15.7. The fourth-order valence-electron chi connectivity index (χ4n) is 3.31. The highest BCUT2D eigenvalue weighted by molar-refractivity contribution is 5.82. The van der Waals surface area contributed by atoms with Crippen molar-refractivity contribution in [1.82, 2.24) is 0 Å². The number of hydrogen-bond donors (Lipinski definition) is 1. The van der Waals surface area contributed by atoms with E-state index in [0.717, 1.165) is 11.4 Å². The van der Waals surface area contributed by atoms with Crippen LogP contribution in [0.5, 0.6) is 0 Å². The Morgan fingerprint density at radius 1 is 0.643 bits per heavy atom. The van der Waals surface area contributed by atoms with Crippen LogP contribution in [0.3, 0.4) is 0 Å². The first-order valence-electron chi connectivity index (χ1n) is 10.1. The average Bonchev–Trinajstić information content (AvgIpc) is 2.61. The summed E-state index contributed by atoms with van der Waals surface area (Å²) in [5.41, 5.74) is 8.96. The Kier molecular flexibility index (Phi) is 5.39. The molecule has 0 amide bonds. The number of nitrogens with one attached hydrogen (secondary N) is 1. The standard InChI is InChI=1S/C27H33N/c1-19-11-13-20(14-12-19)24-18-22(27(5,6)7)15-16-25(24)28-23-10-8-9-21(17-23)26(2,3)4/h8-18,28H,1-7H3. The third kappa shape index (κ3) is 4.65. The van der Waals surface area contributed by atoms with E-state index in [9.17, 15) is 0 Å². The highest BCUT2D eigenvalue weighted by Gasteiger charge is 2.17. The lowest BCUT2D eigenvalue weighted by Crippen LogP contribution is -2.12. The van der Waals surface area contributed by atoms with Crippen LogP contribution in [0, 0.1) is 6.92 Å². The second kappa shape index (κ2) is 7.47. The molecule has 0 radical (unpaired) electrons. The van der Waals surface area contributed by atoms with Gasteiger partial charge in [-0.25, -0.2) is 0 Å². The van der Waals surface area contributed by atoms with Gasteiger partial charge in [0.25, 0.3) is 0 Å². The maximum absolute atomic E-state index is 3.68. The van der Waals surface area contributed by atoms with Gasteiger partial charge >= 0.3 is 0 Å². The van der Waals surface area contributed by atoms with Crippen molar-refractivity contribution in [3.8, 4) is 11.1 Å². The highest BCUT2D eigenvalue weighted by atomic mass is 14.9. The van der Waals surface area contributed by atoms with Gasteiger partial charge in [-0.2, -0.15) is 0 Å². The van der Waals surface area contributed by atoms with Crippen LogP contribution in [0.25, 0.3) is 11.1 Å². The Morgan fingerprint density at radius 3 is 1.86 bits per heavy atom. The van der Waals surface area contributed by atoms with Crippen LogP contribution in [0.2, 0.25) is 0 Å². The van der Waals surface area contributed by atoms with E-state index in [2.05, 4.69) is 121 Å². The molecule has 1 nitrogen and oxygen atoms in total. The third-order valence-electron chi connectivity index (χ3n) is 5.26. The predicted molar refractivity (Wildman–Crippen MR) is 124 cm³/mol. The van der Waals surface area contributed by atoms with E-state index in [1.165, 1.54) is 27.8 Å². The van der Waals surface area contributed by atoms with Crippen LogP contribution in [0.15, 0.2) is 66.7 Å². The minimum atomic E-state index is 0.115. The van der Waals surface area contributed by atoms with Gasteiger partial charge in [-0.1, -0.05) is 89.6 Å². The number of hydrogen-bond acceptors (Lipinski definition) is 1. The predicted octanol–water partition coefficient (Wildman–Crippen LogP) is 8.00. The molecular formula is C27H33N. The Labute approximate surface area is 170 Å². The van der Waals surface area contributed by atoms with Crippen LogP contribution in [-0.4, -0.2) is 0 Å². The van der Waals surface area contributed by atoms with Crippen LogP contribution in [-0.2, 0) is 10.8 Å². The van der Waals surface area contributed by atoms with Crippen molar-refractivity contribution in [2.24, 2.45) is 0 Å². The zero-order valence-corrected chi connectivity index (χ0v) is 18.4. The lowest BCUT2D eigenvalue weighted by Gasteiger charge is -2.23. The fraction of sp³-hybridized carbons (Fsp3) is 0.333. The van der Waals surface area contributed by atoms with Gasteiger partial charge in [-0.05, 0) is 58.7 Å². The summed E-state index contributed by atoms with van der Waals surface area (Å²) >= 11 is 0. The molecule has 3 aromatic carbocycles. The summed E-state index contributed by atoms with van der Waals surface area (Å²) in [6, 6.07) is 24.3. The molecule has 0 atom stereocenters. The van der Waals surface area contributed by atoms with Gasteiger partial charge in [0.15, 0.2) is 0 Å². The van der Waals surface area contributed by atoms with Crippen LogP contribution < -0.4 is 5.32 Å². The molecule has 0 aromatic heterocycles. The summed E-state index contributed by atoms with van der Waals surface area (Å²) in [6.07, 6.45) is 0. The van der Waals surface area contributed by atoms with Gasteiger partial charge in [0.05, 0.1) is 0 Å². The highest BCUT2D eigenvalue weighted by Crippen LogP contribution is 2.35.